The van der Waals surface area contributed by atoms with Crippen LogP contribution < -0.4 is 0 Å². The third kappa shape index (κ3) is 6.06. The highest BCUT2D eigenvalue weighted by Crippen LogP contribution is 2.45. The van der Waals surface area contributed by atoms with Crippen molar-refractivity contribution >= 4 is 77.4 Å². The van der Waals surface area contributed by atoms with Crippen LogP contribution in [0.3, 0.4) is 0 Å². The van der Waals surface area contributed by atoms with Crippen molar-refractivity contribution in [3.8, 4) is 33.4 Å². The van der Waals surface area contributed by atoms with Crippen molar-refractivity contribution in [2.45, 2.75) is 13.3 Å². The van der Waals surface area contributed by atoms with Crippen LogP contribution in [0.25, 0.3) is 111 Å². The molecular weight excluding hydrogens is 761 g/mol. The minimum Gasteiger partial charge on any atom is -0.292 e. The van der Waals surface area contributed by atoms with Crippen LogP contribution >= 0.6 is 0 Å². The summed E-state index contributed by atoms with van der Waals surface area (Å²) in [7, 11) is 0. The molecule has 0 atom stereocenters. The van der Waals surface area contributed by atoms with Crippen LogP contribution in [0.2, 0.25) is 0 Å². The smallest absolute Gasteiger partial charge is 0.145 e. The van der Waals surface area contributed by atoms with E-state index in [0.717, 1.165) is 40.1 Å². The molecule has 0 fully saturated rings. The lowest BCUT2D eigenvalue weighted by Crippen LogP contribution is -1.97. The Labute approximate surface area is 366 Å². The van der Waals surface area contributed by atoms with Crippen molar-refractivity contribution in [1.29, 1.82) is 0 Å². The van der Waals surface area contributed by atoms with Gasteiger partial charge in [0.2, 0.25) is 0 Å². The maximum absolute atomic E-state index is 5.17. The van der Waals surface area contributed by atoms with Gasteiger partial charge in [0.1, 0.15) is 5.65 Å². The summed E-state index contributed by atoms with van der Waals surface area (Å²) in [5.41, 5.74) is 16.3. The lowest BCUT2D eigenvalue weighted by atomic mass is 9.82. The summed E-state index contributed by atoms with van der Waals surface area (Å²) in [6, 6.07) is 64.5. The van der Waals surface area contributed by atoms with Crippen molar-refractivity contribution in [2.24, 2.45) is 0 Å². The van der Waals surface area contributed by atoms with Gasteiger partial charge in [0.15, 0.2) is 0 Å². The van der Waals surface area contributed by atoms with E-state index in [4.69, 9.17) is 4.98 Å². The molecule has 11 aromatic rings. The Balaban J connectivity index is 1.02. The van der Waals surface area contributed by atoms with Gasteiger partial charge in [-0.05, 0) is 137 Å². The Morgan fingerprint density at radius 2 is 1.13 bits per heavy atom. The van der Waals surface area contributed by atoms with Gasteiger partial charge in [0, 0.05) is 17.2 Å². The van der Waals surface area contributed by atoms with Gasteiger partial charge in [-0.1, -0.05) is 183 Å². The molecule has 1 aliphatic rings. The van der Waals surface area contributed by atoms with Crippen molar-refractivity contribution in [1.82, 2.24) is 9.38 Å². The fourth-order valence-corrected chi connectivity index (χ4v) is 10.1. The maximum atomic E-state index is 5.17. The average molecular weight is 803 g/mol. The van der Waals surface area contributed by atoms with Gasteiger partial charge < -0.3 is 0 Å². The van der Waals surface area contributed by atoms with E-state index in [0.29, 0.717) is 0 Å². The zero-order valence-electron chi connectivity index (χ0n) is 35.0. The predicted molar refractivity (Wildman–Crippen MR) is 270 cm³/mol. The summed E-state index contributed by atoms with van der Waals surface area (Å²) < 4.78 is 2.34. The fraction of sp³-hybridized carbons (Fsp3) is 0.0328. The summed E-state index contributed by atoms with van der Waals surface area (Å²) in [6.07, 6.45) is 13.8. The number of benzene rings is 9. The van der Waals surface area contributed by atoms with Crippen molar-refractivity contribution in [3.63, 3.8) is 0 Å². The minimum absolute atomic E-state index is 0.822. The summed E-state index contributed by atoms with van der Waals surface area (Å²) in [4.78, 5) is 5.17. The number of rotatable bonds is 6. The van der Waals surface area contributed by atoms with Gasteiger partial charge in [0.05, 0.1) is 16.9 Å². The van der Waals surface area contributed by atoms with E-state index in [2.05, 4.69) is 224 Å². The normalized spacial score (nSPS) is 12.8. The zero-order chi connectivity index (χ0) is 42.0. The van der Waals surface area contributed by atoms with Gasteiger partial charge in [0.25, 0.3) is 0 Å². The number of hydrogen-bond acceptors (Lipinski definition) is 1. The quantitative estimate of drug-likeness (QED) is 0.0930. The number of hydrogen-bond donors (Lipinski definition) is 0. The molecule has 2 nitrogen and oxygen atoms in total. The van der Waals surface area contributed by atoms with Crippen molar-refractivity contribution in [2.75, 3.05) is 0 Å². The van der Waals surface area contributed by atoms with Crippen LogP contribution in [-0.2, 0) is 6.42 Å². The topological polar surface area (TPSA) is 17.3 Å². The van der Waals surface area contributed by atoms with Crippen LogP contribution in [0.15, 0.2) is 207 Å². The molecule has 9 aromatic carbocycles. The molecule has 0 saturated heterocycles. The van der Waals surface area contributed by atoms with Crippen LogP contribution in [0.5, 0.6) is 0 Å². The van der Waals surface area contributed by atoms with E-state index < -0.39 is 0 Å². The van der Waals surface area contributed by atoms with Gasteiger partial charge in [-0.25, -0.2) is 4.98 Å². The third-order valence-corrected chi connectivity index (χ3v) is 13.2. The molecule has 0 radical (unpaired) electrons. The Bertz CT molecular complexity index is 3780. The lowest BCUT2D eigenvalue weighted by Gasteiger charge is -2.21. The second-order valence-electron chi connectivity index (χ2n) is 16.7. The molecule has 0 aliphatic heterocycles. The Hall–Kier alpha value is -8.07. The number of allylic oxidation sites excluding steroid dienone is 5. The predicted octanol–water partition coefficient (Wildman–Crippen LogP) is 16.3. The molecule has 12 rings (SSSR count). The third-order valence-electron chi connectivity index (χ3n) is 13.2. The summed E-state index contributed by atoms with van der Waals surface area (Å²) >= 11 is 0. The average Bonchev–Trinajstić information content (AvgIpc) is 3.55. The molecule has 63 heavy (non-hydrogen) atoms. The van der Waals surface area contributed by atoms with E-state index in [-0.39, 0.29) is 0 Å². The summed E-state index contributed by atoms with van der Waals surface area (Å²) in [5.74, 6) is 0. The lowest BCUT2D eigenvalue weighted by molar-refractivity contribution is 1.16. The first-order valence-corrected chi connectivity index (χ1v) is 21.8. The fourth-order valence-electron chi connectivity index (χ4n) is 10.1. The van der Waals surface area contributed by atoms with Gasteiger partial charge >= 0.3 is 0 Å². The van der Waals surface area contributed by atoms with Crippen molar-refractivity contribution in [3.05, 3.63) is 235 Å². The van der Waals surface area contributed by atoms with Gasteiger partial charge in [-0.15, -0.1) is 0 Å². The molecule has 296 valence electrons. The molecular formula is C61H42N2. The van der Waals surface area contributed by atoms with Crippen LogP contribution in [0.1, 0.15) is 28.1 Å². The van der Waals surface area contributed by atoms with E-state index in [9.17, 15) is 0 Å². The monoisotopic (exact) mass is 802 g/mol. The van der Waals surface area contributed by atoms with E-state index in [1.807, 2.05) is 6.08 Å². The summed E-state index contributed by atoms with van der Waals surface area (Å²) in [6.45, 7) is 6.69. The SMILES string of the molecule is C=C/C(=C\c1c(C)c(-c2ccc3ccccc3c2)c2ccccc2c1-c1ccc2ccccc2c1)c1ccc(-c2ccc3c(c2)c2ccccc2c2nc4c(n32)C=CC=CC4)cc1. The molecule has 0 unspecified atom stereocenters. The highest BCUT2D eigenvalue weighted by Gasteiger charge is 2.21. The maximum Gasteiger partial charge on any atom is 0.145 e. The van der Waals surface area contributed by atoms with Crippen LogP contribution in [-0.4, -0.2) is 9.38 Å². The van der Waals surface area contributed by atoms with Gasteiger partial charge in [-0.3, -0.25) is 4.40 Å². The standard InChI is InChI=1S/C61H42N2/c1-3-40(43-25-27-44(28-26-43)47-33-34-57-55(38-47)50-19-11-14-22-53(50)61-62-56-23-5-4-6-24-58(56)63(57)61)37-54-39(2)59(48-31-29-41-15-7-9-17-45(41)35-48)51-20-12-13-21-52(51)60(54)49-32-30-42-16-8-10-18-46(42)36-49/h3-22,24-38H,1,23H2,2H3/b40-37+. The number of imidazole rings is 1. The number of pyridine rings is 1. The molecule has 1 aliphatic carbocycles. The second-order valence-corrected chi connectivity index (χ2v) is 16.7. The number of nitrogens with zero attached hydrogens (tertiary/aromatic N) is 2. The first-order chi connectivity index (χ1) is 31.1. The minimum atomic E-state index is 0.822. The highest BCUT2D eigenvalue weighted by molar-refractivity contribution is 6.14. The molecule has 2 heteroatoms. The van der Waals surface area contributed by atoms with E-state index >= 15 is 0 Å². The summed E-state index contributed by atoms with van der Waals surface area (Å²) in [5, 5.41) is 11.0. The van der Waals surface area contributed by atoms with Crippen molar-refractivity contribution < 1.29 is 0 Å². The second kappa shape index (κ2) is 14.8. The van der Waals surface area contributed by atoms with E-state index in [1.165, 1.54) is 93.0 Å². The number of aromatic nitrogens is 2. The largest absolute Gasteiger partial charge is 0.292 e. The molecule has 0 N–H and O–H groups in total. The molecule has 0 amide bonds. The molecule has 0 bridgehead atoms. The van der Waals surface area contributed by atoms with Crippen LogP contribution in [0, 0.1) is 6.92 Å². The highest BCUT2D eigenvalue weighted by atomic mass is 15.0. The molecule has 2 aromatic heterocycles. The Morgan fingerprint density at radius 1 is 0.540 bits per heavy atom. The molecule has 2 heterocycles. The number of fused-ring (bicyclic) bond motifs is 11. The molecule has 0 saturated carbocycles. The van der Waals surface area contributed by atoms with Gasteiger partial charge in [-0.2, -0.15) is 0 Å². The first kappa shape index (κ1) is 36.8. The zero-order valence-corrected chi connectivity index (χ0v) is 35.0. The van der Waals surface area contributed by atoms with E-state index in [1.54, 1.807) is 0 Å². The first-order valence-electron chi connectivity index (χ1n) is 21.8. The Kier molecular flexibility index (Phi) is 8.65. The Morgan fingerprint density at radius 3 is 1.83 bits per heavy atom. The molecule has 0 spiro atoms. The van der Waals surface area contributed by atoms with Crippen LogP contribution in [0.4, 0.5) is 0 Å².